The molecule has 202 valence electrons. The molecule has 1 aromatic heterocycles. The van der Waals surface area contributed by atoms with Crippen LogP contribution in [0.1, 0.15) is 66.1 Å². The topological polar surface area (TPSA) is 69.9 Å². The number of amides is 2. The lowest BCUT2D eigenvalue weighted by atomic mass is 9.98. The highest BCUT2D eigenvalue weighted by atomic mass is 32.1. The summed E-state index contributed by atoms with van der Waals surface area (Å²) in [4.78, 5) is 33.1. The number of para-hydroxylation sites is 1. The lowest BCUT2D eigenvalue weighted by molar-refractivity contribution is 0.0643. The van der Waals surface area contributed by atoms with Crippen LogP contribution in [-0.4, -0.2) is 52.8 Å². The molecule has 0 unspecified atom stereocenters. The molecule has 2 heterocycles. The summed E-state index contributed by atoms with van der Waals surface area (Å²) >= 11 is 1.75. The SMILES string of the molecule is CC(C)N(C(=O)c1ccc(N(c2c(F)cccc2C(N)=O)C2CCN(Cc3cccs3)CC2)cc1)C(C)C. The van der Waals surface area contributed by atoms with Gasteiger partial charge in [-0.05, 0) is 88.4 Å². The predicted molar refractivity (Wildman–Crippen MR) is 153 cm³/mol. The fourth-order valence-corrected chi connectivity index (χ4v) is 6.17. The molecule has 0 saturated carbocycles. The van der Waals surface area contributed by atoms with E-state index >= 15 is 4.39 Å². The quantitative estimate of drug-likeness (QED) is 0.362. The molecule has 0 atom stereocenters. The molecule has 38 heavy (non-hydrogen) atoms. The van der Waals surface area contributed by atoms with Crippen LogP contribution in [0.25, 0.3) is 0 Å². The number of piperidine rings is 1. The number of primary amides is 1. The van der Waals surface area contributed by atoms with E-state index in [1.807, 2.05) is 49.6 Å². The molecular weight excluding hydrogens is 499 g/mol. The van der Waals surface area contributed by atoms with Crippen LogP contribution >= 0.6 is 11.3 Å². The maximum atomic E-state index is 15.4. The molecule has 6 nitrogen and oxygen atoms in total. The second-order valence-electron chi connectivity index (χ2n) is 10.4. The summed E-state index contributed by atoms with van der Waals surface area (Å²) in [7, 11) is 0. The third kappa shape index (κ3) is 6.08. The van der Waals surface area contributed by atoms with Gasteiger partial charge in [0.25, 0.3) is 11.8 Å². The fourth-order valence-electron chi connectivity index (χ4n) is 5.42. The van der Waals surface area contributed by atoms with Gasteiger partial charge in [-0.2, -0.15) is 0 Å². The summed E-state index contributed by atoms with van der Waals surface area (Å²) in [6.45, 7) is 10.6. The fraction of sp³-hybridized carbons (Fsp3) is 0.400. The van der Waals surface area contributed by atoms with Crippen molar-refractivity contribution < 1.29 is 14.0 Å². The summed E-state index contributed by atoms with van der Waals surface area (Å²) < 4.78 is 15.4. The molecule has 0 spiro atoms. The molecule has 1 saturated heterocycles. The van der Waals surface area contributed by atoms with E-state index in [4.69, 9.17) is 5.73 Å². The number of likely N-dealkylation sites (tertiary alicyclic amines) is 1. The lowest BCUT2D eigenvalue weighted by Crippen LogP contribution is -2.43. The smallest absolute Gasteiger partial charge is 0.254 e. The molecule has 1 aliphatic rings. The molecule has 1 aliphatic heterocycles. The average Bonchev–Trinajstić information content (AvgIpc) is 3.39. The largest absolute Gasteiger partial charge is 0.366 e. The Morgan fingerprint density at radius 1 is 1.00 bits per heavy atom. The van der Waals surface area contributed by atoms with Crippen LogP contribution in [0.2, 0.25) is 0 Å². The number of hydrogen-bond acceptors (Lipinski definition) is 5. The first-order chi connectivity index (χ1) is 18.2. The molecule has 3 aromatic rings. The Morgan fingerprint density at radius 2 is 1.66 bits per heavy atom. The number of rotatable bonds is 9. The van der Waals surface area contributed by atoms with Crippen molar-refractivity contribution in [3.05, 3.63) is 81.8 Å². The zero-order valence-corrected chi connectivity index (χ0v) is 23.4. The Kier molecular flexibility index (Phi) is 8.84. The van der Waals surface area contributed by atoms with Crippen LogP contribution < -0.4 is 10.6 Å². The van der Waals surface area contributed by atoms with Gasteiger partial charge < -0.3 is 15.5 Å². The molecule has 2 amide bonds. The Labute approximate surface area is 228 Å². The number of carbonyl (C=O) groups excluding carboxylic acids is 2. The van der Waals surface area contributed by atoms with Crippen molar-refractivity contribution in [3.63, 3.8) is 0 Å². The standard InChI is InChI=1S/C30H37FN4O2S/c1-20(2)34(21(3)4)30(37)22-10-12-23(13-11-22)35(28-26(29(32)36)8-5-9-27(28)31)24-14-16-33(17-15-24)19-25-7-6-18-38-25/h5-13,18,20-21,24H,14-17,19H2,1-4H3,(H2,32,36). The molecule has 0 aliphatic carbocycles. The van der Waals surface area contributed by atoms with Crippen LogP contribution in [0, 0.1) is 5.82 Å². The Bertz CT molecular complexity index is 1230. The Hall–Kier alpha value is -3.23. The van der Waals surface area contributed by atoms with Crippen molar-refractivity contribution in [2.45, 2.75) is 65.2 Å². The summed E-state index contributed by atoms with van der Waals surface area (Å²) in [5.41, 5.74) is 7.34. The van der Waals surface area contributed by atoms with Crippen molar-refractivity contribution in [1.82, 2.24) is 9.80 Å². The second-order valence-corrected chi connectivity index (χ2v) is 11.4. The minimum absolute atomic E-state index is 0.0334. The van der Waals surface area contributed by atoms with E-state index in [1.165, 1.54) is 17.0 Å². The maximum Gasteiger partial charge on any atom is 0.254 e. The van der Waals surface area contributed by atoms with E-state index in [9.17, 15) is 9.59 Å². The maximum absolute atomic E-state index is 15.4. The summed E-state index contributed by atoms with van der Waals surface area (Å²) in [5.74, 6) is -1.21. The number of carbonyl (C=O) groups is 2. The highest BCUT2D eigenvalue weighted by molar-refractivity contribution is 7.09. The van der Waals surface area contributed by atoms with Gasteiger partial charge in [-0.3, -0.25) is 14.5 Å². The van der Waals surface area contributed by atoms with Gasteiger partial charge in [-0.25, -0.2) is 4.39 Å². The number of hydrogen-bond donors (Lipinski definition) is 1. The van der Waals surface area contributed by atoms with Gasteiger partial charge in [0.05, 0.1) is 11.3 Å². The first-order valence-electron chi connectivity index (χ1n) is 13.2. The van der Waals surface area contributed by atoms with Gasteiger partial charge in [0.2, 0.25) is 0 Å². The summed E-state index contributed by atoms with van der Waals surface area (Å²) in [5, 5.41) is 2.09. The summed E-state index contributed by atoms with van der Waals surface area (Å²) in [6.07, 6.45) is 1.60. The highest BCUT2D eigenvalue weighted by Gasteiger charge is 2.31. The molecule has 2 N–H and O–H groups in total. The van der Waals surface area contributed by atoms with Gasteiger partial charge in [-0.15, -0.1) is 11.3 Å². The van der Waals surface area contributed by atoms with E-state index < -0.39 is 11.7 Å². The Balaban J connectivity index is 1.66. The van der Waals surface area contributed by atoms with Crippen molar-refractivity contribution >= 4 is 34.5 Å². The monoisotopic (exact) mass is 536 g/mol. The van der Waals surface area contributed by atoms with Gasteiger partial charge >= 0.3 is 0 Å². The van der Waals surface area contributed by atoms with Crippen LogP contribution in [-0.2, 0) is 6.54 Å². The minimum atomic E-state index is -0.670. The molecule has 1 fully saturated rings. The van der Waals surface area contributed by atoms with Gasteiger partial charge in [0, 0.05) is 53.9 Å². The van der Waals surface area contributed by atoms with Crippen LogP contribution in [0.4, 0.5) is 15.8 Å². The van der Waals surface area contributed by atoms with Crippen molar-refractivity contribution in [1.29, 1.82) is 0 Å². The van der Waals surface area contributed by atoms with Crippen LogP contribution in [0.3, 0.4) is 0 Å². The highest BCUT2D eigenvalue weighted by Crippen LogP contribution is 2.37. The zero-order chi connectivity index (χ0) is 27.4. The van der Waals surface area contributed by atoms with E-state index in [0.717, 1.165) is 38.2 Å². The average molecular weight is 537 g/mol. The normalized spacial score (nSPS) is 14.7. The number of nitrogens with two attached hydrogens (primary N) is 1. The van der Waals surface area contributed by atoms with E-state index in [1.54, 1.807) is 29.5 Å². The first-order valence-corrected chi connectivity index (χ1v) is 14.1. The molecule has 4 rings (SSSR count). The van der Waals surface area contributed by atoms with Crippen LogP contribution in [0.15, 0.2) is 60.0 Å². The Morgan fingerprint density at radius 3 is 2.21 bits per heavy atom. The summed E-state index contributed by atoms with van der Waals surface area (Å²) in [6, 6.07) is 16.0. The number of benzene rings is 2. The third-order valence-corrected chi connectivity index (χ3v) is 7.98. The van der Waals surface area contributed by atoms with Gasteiger partial charge in [0.1, 0.15) is 5.82 Å². The van der Waals surface area contributed by atoms with E-state index in [0.29, 0.717) is 5.56 Å². The number of anilines is 2. The first kappa shape index (κ1) is 27.8. The van der Waals surface area contributed by atoms with Crippen molar-refractivity contribution in [2.24, 2.45) is 5.73 Å². The van der Waals surface area contributed by atoms with Crippen LogP contribution in [0.5, 0.6) is 0 Å². The zero-order valence-electron chi connectivity index (χ0n) is 22.6. The van der Waals surface area contributed by atoms with Gasteiger partial charge in [0.15, 0.2) is 0 Å². The number of thiophene rings is 1. The number of nitrogens with zero attached hydrogens (tertiary/aromatic N) is 3. The second kappa shape index (κ2) is 12.1. The molecule has 8 heteroatoms. The lowest BCUT2D eigenvalue weighted by Gasteiger charge is -2.40. The molecule has 0 radical (unpaired) electrons. The van der Waals surface area contributed by atoms with E-state index in [2.05, 4.69) is 22.4 Å². The molecule has 2 aromatic carbocycles. The number of halogens is 1. The molecular formula is C30H37FN4O2S. The van der Waals surface area contributed by atoms with Gasteiger partial charge in [-0.1, -0.05) is 12.1 Å². The minimum Gasteiger partial charge on any atom is -0.366 e. The van der Waals surface area contributed by atoms with Crippen molar-refractivity contribution in [3.8, 4) is 0 Å². The third-order valence-electron chi connectivity index (χ3n) is 7.11. The van der Waals surface area contributed by atoms with Crippen molar-refractivity contribution in [2.75, 3.05) is 18.0 Å². The molecule has 0 bridgehead atoms. The van der Waals surface area contributed by atoms with E-state index in [-0.39, 0.29) is 35.3 Å². The predicted octanol–water partition coefficient (Wildman–Crippen LogP) is 6.05.